The summed E-state index contributed by atoms with van der Waals surface area (Å²) in [6.07, 6.45) is 4.21. The van der Waals surface area contributed by atoms with Crippen LogP contribution in [0.5, 0.6) is 5.88 Å². The SMILES string of the molecule is N#Cc1cnc2ccc(Cl)cc2c1NCc1ccnc(OC2CCOC2)c1. The van der Waals surface area contributed by atoms with Crippen LogP contribution in [0.15, 0.2) is 42.7 Å². The molecule has 7 heteroatoms. The van der Waals surface area contributed by atoms with E-state index in [1.165, 1.54) is 0 Å². The molecule has 1 unspecified atom stereocenters. The average Bonchev–Trinajstić information content (AvgIpc) is 3.19. The third-order valence-corrected chi connectivity index (χ3v) is 4.63. The Labute approximate surface area is 161 Å². The number of hydrogen-bond acceptors (Lipinski definition) is 6. The first-order valence-electron chi connectivity index (χ1n) is 8.64. The van der Waals surface area contributed by atoms with Gasteiger partial charge in [0.25, 0.3) is 0 Å². The number of ether oxygens (including phenoxy) is 2. The normalized spacial score (nSPS) is 16.2. The van der Waals surface area contributed by atoms with E-state index in [9.17, 15) is 5.26 Å². The lowest BCUT2D eigenvalue weighted by Crippen LogP contribution is -2.16. The van der Waals surface area contributed by atoms with Gasteiger partial charge in [0.1, 0.15) is 12.2 Å². The van der Waals surface area contributed by atoms with Gasteiger partial charge in [-0.05, 0) is 29.8 Å². The van der Waals surface area contributed by atoms with E-state index in [1.807, 2.05) is 24.3 Å². The molecule has 1 N–H and O–H groups in total. The minimum Gasteiger partial charge on any atom is -0.472 e. The highest BCUT2D eigenvalue weighted by molar-refractivity contribution is 6.31. The maximum atomic E-state index is 9.44. The Bertz CT molecular complexity index is 1010. The fourth-order valence-electron chi connectivity index (χ4n) is 3.03. The molecule has 6 nitrogen and oxygen atoms in total. The summed E-state index contributed by atoms with van der Waals surface area (Å²) in [6.45, 7) is 1.83. The number of benzene rings is 1. The number of nitriles is 1. The van der Waals surface area contributed by atoms with Gasteiger partial charge in [0.15, 0.2) is 0 Å². The van der Waals surface area contributed by atoms with Crippen molar-refractivity contribution in [3.63, 3.8) is 0 Å². The van der Waals surface area contributed by atoms with Gasteiger partial charge in [0.2, 0.25) is 5.88 Å². The molecular weight excluding hydrogens is 364 g/mol. The van der Waals surface area contributed by atoms with E-state index >= 15 is 0 Å². The second-order valence-corrected chi connectivity index (χ2v) is 6.72. The number of nitrogens with one attached hydrogen (secondary N) is 1. The van der Waals surface area contributed by atoms with Gasteiger partial charge in [0, 0.05) is 41.8 Å². The fourth-order valence-corrected chi connectivity index (χ4v) is 3.20. The third-order valence-electron chi connectivity index (χ3n) is 4.39. The van der Waals surface area contributed by atoms with Gasteiger partial charge >= 0.3 is 0 Å². The van der Waals surface area contributed by atoms with Crippen LogP contribution in [0, 0.1) is 11.3 Å². The predicted molar refractivity (Wildman–Crippen MR) is 103 cm³/mol. The molecule has 4 rings (SSSR count). The Balaban J connectivity index is 1.56. The average molecular weight is 381 g/mol. The second kappa shape index (κ2) is 7.78. The molecule has 1 saturated heterocycles. The Hall–Kier alpha value is -2.88. The minimum absolute atomic E-state index is 0.0529. The van der Waals surface area contributed by atoms with E-state index in [4.69, 9.17) is 21.1 Å². The molecule has 0 bridgehead atoms. The van der Waals surface area contributed by atoms with Crippen LogP contribution < -0.4 is 10.1 Å². The fraction of sp³-hybridized carbons (Fsp3) is 0.250. The standard InChI is InChI=1S/C20H17ClN4O2/c21-15-1-2-18-17(8-15)20(14(9-22)11-24-18)25-10-13-3-5-23-19(7-13)27-16-4-6-26-12-16/h1-3,5,7-8,11,16H,4,6,10,12H2,(H,24,25). The van der Waals surface area contributed by atoms with Crippen LogP contribution in [0.25, 0.3) is 10.9 Å². The van der Waals surface area contributed by atoms with Crippen molar-refractivity contribution in [1.29, 1.82) is 5.26 Å². The van der Waals surface area contributed by atoms with Crippen molar-refractivity contribution in [2.45, 2.75) is 19.1 Å². The Morgan fingerprint density at radius 1 is 1.30 bits per heavy atom. The first-order valence-corrected chi connectivity index (χ1v) is 9.02. The summed E-state index contributed by atoms with van der Waals surface area (Å²) in [5, 5.41) is 14.2. The number of halogens is 1. The molecule has 0 spiro atoms. The molecule has 1 atom stereocenters. The van der Waals surface area contributed by atoms with E-state index in [0.29, 0.717) is 35.3 Å². The lowest BCUT2D eigenvalue weighted by molar-refractivity contribution is 0.138. The van der Waals surface area contributed by atoms with Gasteiger partial charge in [-0.2, -0.15) is 5.26 Å². The second-order valence-electron chi connectivity index (χ2n) is 6.28. The molecule has 0 aliphatic carbocycles. The number of pyridine rings is 2. The highest BCUT2D eigenvalue weighted by Gasteiger charge is 2.17. The van der Waals surface area contributed by atoms with E-state index in [2.05, 4.69) is 21.4 Å². The number of fused-ring (bicyclic) bond motifs is 1. The molecule has 1 aliphatic heterocycles. The van der Waals surface area contributed by atoms with Crippen molar-refractivity contribution < 1.29 is 9.47 Å². The number of hydrogen-bond donors (Lipinski definition) is 1. The number of rotatable bonds is 5. The molecule has 3 aromatic rings. The van der Waals surface area contributed by atoms with Crippen molar-refractivity contribution in [2.75, 3.05) is 18.5 Å². The molecule has 0 amide bonds. The van der Waals surface area contributed by atoms with Crippen molar-refractivity contribution in [3.8, 4) is 11.9 Å². The topological polar surface area (TPSA) is 80.1 Å². The zero-order chi connectivity index (χ0) is 18.6. The number of anilines is 1. The molecule has 3 heterocycles. The molecule has 2 aromatic heterocycles. The largest absolute Gasteiger partial charge is 0.472 e. The first-order chi connectivity index (χ1) is 13.2. The summed E-state index contributed by atoms with van der Waals surface area (Å²) in [6, 6.07) is 11.4. The third kappa shape index (κ3) is 3.95. The Morgan fingerprint density at radius 3 is 3.04 bits per heavy atom. The molecule has 0 radical (unpaired) electrons. The van der Waals surface area contributed by atoms with Crippen LogP contribution >= 0.6 is 11.6 Å². The summed E-state index contributed by atoms with van der Waals surface area (Å²) in [4.78, 5) is 8.59. The molecule has 27 heavy (non-hydrogen) atoms. The molecule has 136 valence electrons. The van der Waals surface area contributed by atoms with Crippen molar-refractivity contribution in [3.05, 3.63) is 58.9 Å². The Morgan fingerprint density at radius 2 is 2.22 bits per heavy atom. The first kappa shape index (κ1) is 17.5. The number of nitrogens with zero attached hydrogens (tertiary/aromatic N) is 3. The summed E-state index contributed by atoms with van der Waals surface area (Å²) in [7, 11) is 0. The van der Waals surface area contributed by atoms with Crippen LogP contribution in [-0.4, -0.2) is 29.3 Å². The maximum absolute atomic E-state index is 9.44. The van der Waals surface area contributed by atoms with Crippen LogP contribution in [0.1, 0.15) is 17.5 Å². The predicted octanol–water partition coefficient (Wildman–Crippen LogP) is 3.93. The van der Waals surface area contributed by atoms with Crippen molar-refractivity contribution >= 4 is 28.2 Å². The van der Waals surface area contributed by atoms with Crippen LogP contribution in [0.4, 0.5) is 5.69 Å². The minimum atomic E-state index is 0.0529. The van der Waals surface area contributed by atoms with Crippen LogP contribution in [-0.2, 0) is 11.3 Å². The van der Waals surface area contributed by atoms with Gasteiger partial charge in [-0.1, -0.05) is 11.6 Å². The lowest BCUT2D eigenvalue weighted by atomic mass is 10.1. The number of aromatic nitrogens is 2. The van der Waals surface area contributed by atoms with E-state index < -0.39 is 0 Å². The van der Waals surface area contributed by atoms with Gasteiger partial charge < -0.3 is 14.8 Å². The summed E-state index contributed by atoms with van der Waals surface area (Å²) >= 11 is 6.13. The summed E-state index contributed by atoms with van der Waals surface area (Å²) in [5.41, 5.74) is 2.96. The zero-order valence-electron chi connectivity index (χ0n) is 14.5. The monoisotopic (exact) mass is 380 g/mol. The van der Waals surface area contributed by atoms with E-state index in [1.54, 1.807) is 18.5 Å². The van der Waals surface area contributed by atoms with E-state index in [-0.39, 0.29) is 6.10 Å². The van der Waals surface area contributed by atoms with Crippen molar-refractivity contribution in [1.82, 2.24) is 9.97 Å². The maximum Gasteiger partial charge on any atom is 0.213 e. The smallest absolute Gasteiger partial charge is 0.213 e. The molecule has 1 aliphatic rings. The zero-order valence-corrected chi connectivity index (χ0v) is 15.2. The van der Waals surface area contributed by atoms with Gasteiger partial charge in [0.05, 0.1) is 30.0 Å². The van der Waals surface area contributed by atoms with Crippen LogP contribution in [0.3, 0.4) is 0 Å². The molecule has 0 saturated carbocycles. The summed E-state index contributed by atoms with van der Waals surface area (Å²) in [5.74, 6) is 0.577. The quantitative estimate of drug-likeness (QED) is 0.722. The van der Waals surface area contributed by atoms with Gasteiger partial charge in [-0.15, -0.1) is 0 Å². The summed E-state index contributed by atoms with van der Waals surface area (Å²) < 4.78 is 11.2. The van der Waals surface area contributed by atoms with E-state index in [0.717, 1.165) is 29.5 Å². The van der Waals surface area contributed by atoms with Gasteiger partial charge in [-0.3, -0.25) is 4.98 Å². The molecule has 1 fully saturated rings. The van der Waals surface area contributed by atoms with Gasteiger partial charge in [-0.25, -0.2) is 4.98 Å². The highest BCUT2D eigenvalue weighted by Crippen LogP contribution is 2.28. The Kier molecular flexibility index (Phi) is 5.05. The highest BCUT2D eigenvalue weighted by atomic mass is 35.5. The lowest BCUT2D eigenvalue weighted by Gasteiger charge is -2.14. The van der Waals surface area contributed by atoms with Crippen molar-refractivity contribution in [2.24, 2.45) is 0 Å². The van der Waals surface area contributed by atoms with Crippen LogP contribution in [0.2, 0.25) is 5.02 Å². The molecular formula is C20H17ClN4O2. The molecule has 1 aromatic carbocycles.